The van der Waals surface area contributed by atoms with Crippen LogP contribution in [-0.2, 0) is 9.53 Å². The largest absolute Gasteiger partial charge is 0.453 e. The van der Waals surface area contributed by atoms with Crippen LogP contribution in [0.2, 0.25) is 10.2 Å². The molecule has 4 N–H and O–H groups in total. The molecule has 0 aliphatic carbocycles. The van der Waals surface area contributed by atoms with Crippen molar-refractivity contribution in [3.05, 3.63) is 70.4 Å². The third-order valence-corrected chi connectivity index (χ3v) is 7.50. The normalized spacial score (nSPS) is 17.0. The molecule has 2 atom stereocenters. The maximum atomic E-state index is 14.1. The number of hydrogen-bond donors (Lipinski definition) is 4. The van der Waals surface area contributed by atoms with Gasteiger partial charge in [0.2, 0.25) is 5.91 Å². The summed E-state index contributed by atoms with van der Waals surface area (Å²) < 4.78 is 48.3. The molecule has 2 aromatic carbocycles. The van der Waals surface area contributed by atoms with E-state index in [1.165, 1.54) is 42.4 Å². The molecule has 3 heterocycles. The van der Waals surface area contributed by atoms with E-state index in [0.717, 1.165) is 0 Å². The zero-order valence-corrected chi connectivity index (χ0v) is 25.0. The lowest BCUT2D eigenvalue weighted by Crippen LogP contribution is -2.36. The number of alkyl halides is 3. The number of nitrogens with zero attached hydrogens (tertiary/aromatic N) is 5. The van der Waals surface area contributed by atoms with Gasteiger partial charge in [-0.25, -0.2) is 9.78 Å². The topological polar surface area (TPSA) is 152 Å². The maximum Gasteiger partial charge on any atom is 0.411 e. The average molecular weight is 664 g/mol. The molecule has 2 amide bonds. The quantitative estimate of drug-likeness (QED) is 0.181. The van der Waals surface area contributed by atoms with Gasteiger partial charge in [-0.05, 0) is 65.7 Å². The first-order chi connectivity index (χ1) is 21.5. The van der Waals surface area contributed by atoms with Crippen LogP contribution in [0.4, 0.5) is 29.3 Å². The van der Waals surface area contributed by atoms with Crippen LogP contribution in [-0.4, -0.2) is 61.5 Å². The Hall–Kier alpha value is -4.63. The number of aromatic nitrogens is 6. The highest BCUT2D eigenvalue weighted by atomic mass is 35.5. The first kappa shape index (κ1) is 31.8. The molecule has 4 aromatic rings. The van der Waals surface area contributed by atoms with E-state index in [4.69, 9.17) is 23.2 Å². The summed E-state index contributed by atoms with van der Waals surface area (Å²) >= 11 is 12.7. The minimum Gasteiger partial charge on any atom is -0.453 e. The SMILES string of the molecule is COC(=O)Nc1ccc2c(c1)N[C@H](C(F)(F)F)CCCC[C@H](NC(=O)C=Cc1cc(Cl)ccc1-n1cnnn1)c1nc-2c(Cl)[nH]1. The molecule has 12 nitrogen and oxygen atoms in total. The molecule has 0 spiro atoms. The molecular formula is C28H26Cl2F3N9O3. The molecule has 45 heavy (non-hydrogen) atoms. The minimum absolute atomic E-state index is 0.0511. The van der Waals surface area contributed by atoms with Crippen LogP contribution in [0.1, 0.15) is 43.1 Å². The van der Waals surface area contributed by atoms with Crippen LogP contribution in [0.15, 0.2) is 48.8 Å². The van der Waals surface area contributed by atoms with Crippen LogP contribution in [0.5, 0.6) is 0 Å². The third-order valence-electron chi connectivity index (χ3n) is 6.99. The van der Waals surface area contributed by atoms with Crippen molar-refractivity contribution in [2.75, 3.05) is 17.7 Å². The molecule has 0 fully saturated rings. The summed E-state index contributed by atoms with van der Waals surface area (Å²) in [7, 11) is 1.17. The standard InChI is InChI=1S/C28H26Cl2F3N9O3/c1-45-27(44)35-17-8-9-18-20(13-17)36-22(28(31,32)33)5-3-2-4-19(26-38-24(18)25(30)39-26)37-23(43)11-6-15-12-16(29)7-10-21(15)42-14-34-40-41-42/h6-14,19,22,36H,2-5H2,1H3,(H,35,44)(H,37,43)(H,38,39)/t19-,22-/m0/s1. The van der Waals surface area contributed by atoms with Gasteiger partial charge < -0.3 is 20.4 Å². The minimum atomic E-state index is -4.58. The lowest BCUT2D eigenvalue weighted by atomic mass is 10.0. The number of H-pyrrole nitrogens is 1. The van der Waals surface area contributed by atoms with Gasteiger partial charge in [-0.1, -0.05) is 36.0 Å². The molecule has 0 saturated carbocycles. The van der Waals surface area contributed by atoms with E-state index in [-0.39, 0.29) is 47.0 Å². The van der Waals surface area contributed by atoms with Gasteiger partial charge in [-0.2, -0.15) is 17.9 Å². The Morgan fingerprint density at radius 1 is 1.13 bits per heavy atom. The summed E-state index contributed by atoms with van der Waals surface area (Å²) in [6.45, 7) is 0. The smallest absolute Gasteiger partial charge is 0.411 e. The monoisotopic (exact) mass is 663 g/mol. The molecular weight excluding hydrogens is 638 g/mol. The van der Waals surface area contributed by atoms with E-state index in [0.29, 0.717) is 28.5 Å². The van der Waals surface area contributed by atoms with Crippen molar-refractivity contribution in [1.82, 2.24) is 35.5 Å². The number of amides is 2. The highest BCUT2D eigenvalue weighted by molar-refractivity contribution is 6.32. The molecule has 0 unspecified atom stereocenters. The number of halogens is 5. The summed E-state index contributed by atoms with van der Waals surface area (Å²) in [4.78, 5) is 32.4. The highest BCUT2D eigenvalue weighted by Gasteiger charge is 2.40. The molecule has 17 heteroatoms. The number of carbonyl (C=O) groups is 2. The Morgan fingerprint density at radius 3 is 2.67 bits per heavy atom. The van der Waals surface area contributed by atoms with Crippen molar-refractivity contribution in [2.45, 2.75) is 43.9 Å². The molecule has 1 aliphatic rings. The number of methoxy groups -OCH3 is 1. The predicted octanol–water partition coefficient (Wildman–Crippen LogP) is 6.33. The van der Waals surface area contributed by atoms with Crippen molar-refractivity contribution in [3.8, 4) is 16.9 Å². The number of aromatic amines is 1. The average Bonchev–Trinajstić information content (AvgIpc) is 3.66. The Kier molecular flexibility index (Phi) is 9.58. The van der Waals surface area contributed by atoms with E-state index in [1.807, 2.05) is 0 Å². The van der Waals surface area contributed by atoms with Gasteiger partial charge in [0.25, 0.3) is 0 Å². The second-order valence-electron chi connectivity index (χ2n) is 10.0. The molecule has 0 saturated heterocycles. The number of fused-ring (bicyclic) bond motifs is 4. The van der Waals surface area contributed by atoms with Gasteiger partial charge in [0.05, 0.1) is 18.8 Å². The summed E-state index contributed by atoms with van der Waals surface area (Å²) in [5.74, 6) is -0.165. The number of tetrazole rings is 1. The first-order valence-corrected chi connectivity index (χ1v) is 14.4. The number of rotatable bonds is 5. The molecule has 0 radical (unpaired) electrons. The van der Waals surface area contributed by atoms with E-state index in [1.54, 1.807) is 24.3 Å². The third kappa shape index (κ3) is 7.72. The van der Waals surface area contributed by atoms with Crippen LogP contribution >= 0.6 is 23.2 Å². The van der Waals surface area contributed by atoms with E-state index >= 15 is 0 Å². The molecule has 236 valence electrons. The lowest BCUT2D eigenvalue weighted by molar-refractivity contribution is -0.144. The van der Waals surface area contributed by atoms with Crippen LogP contribution in [0.3, 0.4) is 0 Å². The number of imidazole rings is 1. The fraction of sp³-hybridized carbons (Fsp3) is 0.286. The fourth-order valence-electron chi connectivity index (χ4n) is 4.83. The van der Waals surface area contributed by atoms with Crippen molar-refractivity contribution >= 4 is 52.7 Å². The number of carbonyl (C=O) groups excluding carboxylic acids is 2. The van der Waals surface area contributed by atoms with Crippen LogP contribution in [0.25, 0.3) is 23.0 Å². The summed E-state index contributed by atoms with van der Waals surface area (Å²) in [5.41, 5.74) is 1.82. The Balaban J connectivity index is 1.45. The Morgan fingerprint density at radius 2 is 1.93 bits per heavy atom. The second kappa shape index (κ2) is 13.6. The summed E-state index contributed by atoms with van der Waals surface area (Å²) in [5, 5.41) is 19.5. The number of nitrogens with one attached hydrogen (secondary N) is 4. The highest BCUT2D eigenvalue weighted by Crippen LogP contribution is 2.38. The number of benzene rings is 2. The molecule has 5 rings (SSSR count). The number of ether oxygens (including phenoxy) is 1. The van der Waals surface area contributed by atoms with E-state index in [2.05, 4.69) is 46.2 Å². The van der Waals surface area contributed by atoms with Gasteiger partial charge in [-0.15, -0.1) is 5.10 Å². The summed E-state index contributed by atoms with van der Waals surface area (Å²) in [6.07, 6.45) is -0.538. The molecule has 2 bridgehead atoms. The second-order valence-corrected chi connectivity index (χ2v) is 10.9. The Labute approximate surface area is 264 Å². The van der Waals surface area contributed by atoms with Crippen LogP contribution in [0, 0.1) is 0 Å². The first-order valence-electron chi connectivity index (χ1n) is 13.6. The van der Waals surface area contributed by atoms with E-state index < -0.39 is 30.3 Å². The van der Waals surface area contributed by atoms with Gasteiger partial charge in [0, 0.05) is 33.6 Å². The van der Waals surface area contributed by atoms with Gasteiger partial charge in [0.1, 0.15) is 29.0 Å². The fourth-order valence-corrected chi connectivity index (χ4v) is 5.25. The van der Waals surface area contributed by atoms with Gasteiger partial charge >= 0.3 is 12.3 Å². The Bertz CT molecular complexity index is 1710. The number of anilines is 2. The van der Waals surface area contributed by atoms with Gasteiger partial charge in [-0.3, -0.25) is 10.1 Å². The molecule has 1 aliphatic heterocycles. The van der Waals surface area contributed by atoms with Crippen LogP contribution < -0.4 is 16.0 Å². The van der Waals surface area contributed by atoms with E-state index in [9.17, 15) is 22.8 Å². The van der Waals surface area contributed by atoms with Crippen molar-refractivity contribution < 1.29 is 27.5 Å². The lowest BCUT2D eigenvalue weighted by Gasteiger charge is -2.25. The number of hydrogen-bond acceptors (Lipinski definition) is 8. The zero-order valence-electron chi connectivity index (χ0n) is 23.5. The van der Waals surface area contributed by atoms with Crippen molar-refractivity contribution in [1.29, 1.82) is 0 Å². The summed E-state index contributed by atoms with van der Waals surface area (Å²) in [6, 6.07) is 6.73. The van der Waals surface area contributed by atoms with Crippen molar-refractivity contribution in [3.63, 3.8) is 0 Å². The predicted molar refractivity (Wildman–Crippen MR) is 161 cm³/mol. The maximum absolute atomic E-state index is 14.1. The van der Waals surface area contributed by atoms with Gasteiger partial charge in [0.15, 0.2) is 0 Å². The zero-order chi connectivity index (χ0) is 32.1. The van der Waals surface area contributed by atoms with Crippen molar-refractivity contribution in [2.24, 2.45) is 0 Å². The molecule has 2 aromatic heterocycles.